The van der Waals surface area contributed by atoms with E-state index in [0.717, 1.165) is 5.56 Å². The zero-order valence-electron chi connectivity index (χ0n) is 15.2. The average Bonchev–Trinajstić information content (AvgIpc) is 2.67. The van der Waals surface area contributed by atoms with Crippen molar-refractivity contribution < 1.29 is 19.5 Å². The zero-order chi connectivity index (χ0) is 19.6. The molecule has 0 saturated heterocycles. The second kappa shape index (κ2) is 10.1. The van der Waals surface area contributed by atoms with Gasteiger partial charge in [-0.2, -0.15) is 0 Å². The van der Waals surface area contributed by atoms with Gasteiger partial charge < -0.3 is 15.3 Å². The van der Waals surface area contributed by atoms with Gasteiger partial charge in [0.05, 0.1) is 0 Å². The second-order valence-corrected chi connectivity index (χ2v) is 6.11. The molecule has 0 aliphatic heterocycles. The number of nitrogens with zero attached hydrogens (tertiary/aromatic N) is 2. The van der Waals surface area contributed by atoms with Gasteiger partial charge in [0.25, 0.3) is 5.91 Å². The van der Waals surface area contributed by atoms with Crippen LogP contribution in [0.2, 0.25) is 0 Å². The second-order valence-electron chi connectivity index (χ2n) is 6.11. The minimum absolute atomic E-state index is 0.227. The van der Waals surface area contributed by atoms with Crippen molar-refractivity contribution in [3.63, 3.8) is 0 Å². The lowest BCUT2D eigenvalue weighted by molar-refractivity contribution is -0.145. The van der Waals surface area contributed by atoms with Crippen LogP contribution in [0.5, 0.6) is 0 Å². The van der Waals surface area contributed by atoms with Gasteiger partial charge in [0, 0.05) is 30.9 Å². The summed E-state index contributed by atoms with van der Waals surface area (Å²) < 4.78 is 0. The number of rotatable bonds is 9. The van der Waals surface area contributed by atoms with Gasteiger partial charge in [-0.05, 0) is 30.2 Å². The van der Waals surface area contributed by atoms with Gasteiger partial charge in [-0.15, -0.1) is 0 Å². The molecule has 1 unspecified atom stereocenters. The standard InChI is InChI=1S/C20H23N3O4/c1-2-11-23(14-18(24)25)20(27)17(12-15-7-6-10-21-13-15)22-19(26)16-8-4-3-5-9-16/h3-10,13,17H,2,11-12,14H2,1H3,(H,22,26)(H,24,25). The first-order chi connectivity index (χ1) is 13.0. The van der Waals surface area contributed by atoms with Crippen LogP contribution in [0.25, 0.3) is 0 Å². The van der Waals surface area contributed by atoms with E-state index in [2.05, 4.69) is 10.3 Å². The first-order valence-electron chi connectivity index (χ1n) is 8.76. The lowest BCUT2D eigenvalue weighted by atomic mass is 10.1. The molecule has 27 heavy (non-hydrogen) atoms. The van der Waals surface area contributed by atoms with Crippen molar-refractivity contribution in [1.82, 2.24) is 15.2 Å². The van der Waals surface area contributed by atoms with Crippen LogP contribution in [-0.4, -0.2) is 51.9 Å². The first kappa shape index (κ1) is 20.1. The molecule has 1 aromatic heterocycles. The fourth-order valence-corrected chi connectivity index (χ4v) is 2.71. The largest absolute Gasteiger partial charge is 0.480 e. The first-order valence-corrected chi connectivity index (χ1v) is 8.76. The number of carbonyl (C=O) groups is 3. The summed E-state index contributed by atoms with van der Waals surface area (Å²) in [7, 11) is 0. The van der Waals surface area contributed by atoms with E-state index in [0.29, 0.717) is 18.5 Å². The molecule has 7 nitrogen and oxygen atoms in total. The number of carbonyl (C=O) groups excluding carboxylic acids is 2. The van der Waals surface area contributed by atoms with Crippen LogP contribution in [0.15, 0.2) is 54.9 Å². The molecule has 2 rings (SSSR count). The quantitative estimate of drug-likeness (QED) is 0.701. The molecule has 7 heteroatoms. The molecule has 142 valence electrons. The summed E-state index contributed by atoms with van der Waals surface area (Å²) in [5.74, 6) is -1.90. The fraction of sp³-hybridized carbons (Fsp3) is 0.300. The Morgan fingerprint density at radius 1 is 1.15 bits per heavy atom. The molecule has 0 aliphatic carbocycles. The molecular formula is C20H23N3O4. The van der Waals surface area contributed by atoms with E-state index >= 15 is 0 Å². The van der Waals surface area contributed by atoms with Crippen molar-refractivity contribution in [3.05, 3.63) is 66.0 Å². The van der Waals surface area contributed by atoms with E-state index < -0.39 is 24.5 Å². The molecule has 2 amide bonds. The van der Waals surface area contributed by atoms with Crippen molar-refractivity contribution in [2.24, 2.45) is 0 Å². The van der Waals surface area contributed by atoms with Crippen molar-refractivity contribution >= 4 is 17.8 Å². The maximum absolute atomic E-state index is 13.0. The van der Waals surface area contributed by atoms with Gasteiger partial charge in [-0.1, -0.05) is 31.2 Å². The van der Waals surface area contributed by atoms with Gasteiger partial charge in [0.1, 0.15) is 12.6 Å². The van der Waals surface area contributed by atoms with Crippen LogP contribution in [-0.2, 0) is 16.0 Å². The van der Waals surface area contributed by atoms with Crippen molar-refractivity contribution in [1.29, 1.82) is 0 Å². The minimum atomic E-state index is -1.09. The number of hydrogen-bond acceptors (Lipinski definition) is 4. The highest BCUT2D eigenvalue weighted by Gasteiger charge is 2.27. The monoisotopic (exact) mass is 369 g/mol. The van der Waals surface area contributed by atoms with E-state index in [9.17, 15) is 14.4 Å². The average molecular weight is 369 g/mol. The highest BCUT2D eigenvalue weighted by molar-refractivity contribution is 5.98. The number of amides is 2. The summed E-state index contributed by atoms with van der Waals surface area (Å²) in [6, 6.07) is 11.3. The highest BCUT2D eigenvalue weighted by atomic mass is 16.4. The van der Waals surface area contributed by atoms with E-state index in [4.69, 9.17) is 5.11 Å². The number of carboxylic acids is 1. The van der Waals surface area contributed by atoms with Gasteiger partial charge in [-0.3, -0.25) is 19.4 Å². The SMILES string of the molecule is CCCN(CC(=O)O)C(=O)C(Cc1cccnc1)NC(=O)c1ccccc1. The number of hydrogen-bond donors (Lipinski definition) is 2. The van der Waals surface area contributed by atoms with Gasteiger partial charge >= 0.3 is 5.97 Å². The normalized spacial score (nSPS) is 11.4. The zero-order valence-corrected chi connectivity index (χ0v) is 15.2. The molecule has 0 aliphatic rings. The fourth-order valence-electron chi connectivity index (χ4n) is 2.71. The summed E-state index contributed by atoms with van der Waals surface area (Å²) in [5, 5.41) is 11.8. The molecule has 0 spiro atoms. The van der Waals surface area contributed by atoms with Gasteiger partial charge in [0.15, 0.2) is 0 Å². The predicted molar refractivity (Wildman–Crippen MR) is 100 cm³/mol. The third-order valence-corrected chi connectivity index (χ3v) is 3.93. The lowest BCUT2D eigenvalue weighted by Crippen LogP contribution is -2.51. The number of aromatic nitrogens is 1. The number of pyridine rings is 1. The lowest BCUT2D eigenvalue weighted by Gasteiger charge is -2.26. The third-order valence-electron chi connectivity index (χ3n) is 3.93. The Morgan fingerprint density at radius 2 is 1.89 bits per heavy atom. The van der Waals surface area contributed by atoms with Crippen LogP contribution >= 0.6 is 0 Å². The van der Waals surface area contributed by atoms with E-state index in [-0.39, 0.29) is 12.3 Å². The van der Waals surface area contributed by atoms with Crippen molar-refractivity contribution in [3.8, 4) is 0 Å². The highest BCUT2D eigenvalue weighted by Crippen LogP contribution is 2.08. The number of carboxylic acid groups (broad SMARTS) is 1. The van der Waals surface area contributed by atoms with Gasteiger partial charge in [-0.25, -0.2) is 0 Å². The number of benzene rings is 1. The summed E-state index contributed by atoms with van der Waals surface area (Å²) in [6.45, 7) is 1.76. The minimum Gasteiger partial charge on any atom is -0.480 e. The Kier molecular flexibility index (Phi) is 7.49. The summed E-state index contributed by atoms with van der Waals surface area (Å²) in [4.78, 5) is 41.9. The predicted octanol–water partition coefficient (Wildman–Crippen LogP) is 1.75. The Hall–Kier alpha value is -3.22. The van der Waals surface area contributed by atoms with E-state index in [1.54, 1.807) is 48.8 Å². The molecule has 1 aromatic carbocycles. The summed E-state index contributed by atoms with van der Waals surface area (Å²) >= 11 is 0. The molecule has 2 N–H and O–H groups in total. The van der Waals surface area contributed by atoms with Crippen molar-refractivity contribution in [2.45, 2.75) is 25.8 Å². The molecule has 1 atom stereocenters. The molecule has 0 saturated carbocycles. The topological polar surface area (TPSA) is 99.6 Å². The smallest absolute Gasteiger partial charge is 0.323 e. The maximum atomic E-state index is 13.0. The molecule has 0 radical (unpaired) electrons. The summed E-state index contributed by atoms with van der Waals surface area (Å²) in [5.41, 5.74) is 1.21. The Morgan fingerprint density at radius 3 is 2.48 bits per heavy atom. The number of nitrogens with one attached hydrogen (secondary N) is 1. The number of aliphatic carboxylic acids is 1. The van der Waals surface area contributed by atoms with Gasteiger partial charge in [0.2, 0.25) is 5.91 Å². The molecule has 2 aromatic rings. The van der Waals surface area contributed by atoms with Crippen LogP contribution < -0.4 is 5.32 Å². The molecule has 1 heterocycles. The Balaban J connectivity index is 2.23. The molecule has 0 fully saturated rings. The molecule has 0 bridgehead atoms. The molecular weight excluding hydrogens is 346 g/mol. The van der Waals surface area contributed by atoms with E-state index in [1.165, 1.54) is 4.90 Å². The maximum Gasteiger partial charge on any atom is 0.323 e. The van der Waals surface area contributed by atoms with Crippen molar-refractivity contribution in [2.75, 3.05) is 13.1 Å². The van der Waals surface area contributed by atoms with Crippen LogP contribution in [0.1, 0.15) is 29.3 Å². The van der Waals surface area contributed by atoms with E-state index in [1.807, 2.05) is 13.0 Å². The Bertz CT molecular complexity index is 765. The van der Waals surface area contributed by atoms with Crippen LogP contribution in [0.4, 0.5) is 0 Å². The summed E-state index contributed by atoms with van der Waals surface area (Å²) in [6.07, 6.45) is 4.09. The third kappa shape index (κ3) is 6.22. The van der Waals surface area contributed by atoms with Crippen LogP contribution in [0, 0.1) is 0 Å². The van der Waals surface area contributed by atoms with Crippen LogP contribution in [0.3, 0.4) is 0 Å². The Labute approximate surface area is 158 Å².